The molecule has 9 aromatic rings. The van der Waals surface area contributed by atoms with Crippen LogP contribution in [0.25, 0.3) is 98.7 Å². The highest BCUT2D eigenvalue weighted by Gasteiger charge is 2.25. The second-order valence-electron chi connectivity index (χ2n) is 13.6. The fraction of sp³-hybridized carbons (Fsp3) is 0.0204. The monoisotopic (exact) mass is 644 g/mol. The van der Waals surface area contributed by atoms with Gasteiger partial charge in [0.05, 0.1) is 23.3 Å². The van der Waals surface area contributed by atoms with Crippen LogP contribution < -0.4 is 0 Å². The fourth-order valence-corrected chi connectivity index (χ4v) is 8.34. The number of hydrogen-bond donors (Lipinski definition) is 0. The molecular weight excluding hydrogens is 617 g/mol. The summed E-state index contributed by atoms with van der Waals surface area (Å²) in [5.74, 6) is 0. The number of nitrogens with zero attached hydrogens (tertiary/aromatic N) is 2. The molecule has 0 saturated carbocycles. The first-order valence-corrected chi connectivity index (χ1v) is 17.2. The van der Waals surface area contributed by atoms with Crippen molar-refractivity contribution in [1.82, 2.24) is 0 Å². The molecule has 2 heteroatoms. The molecule has 0 saturated heterocycles. The maximum atomic E-state index is 9.58. The molecule has 51 heavy (non-hydrogen) atoms. The smallest absolute Gasteiger partial charge is 0.0991 e. The number of benzene rings is 9. The van der Waals surface area contributed by atoms with Crippen molar-refractivity contribution < 1.29 is 0 Å². The van der Waals surface area contributed by atoms with E-state index in [0.717, 1.165) is 22.3 Å². The van der Waals surface area contributed by atoms with Gasteiger partial charge in [-0.25, -0.2) is 0 Å². The van der Waals surface area contributed by atoms with Crippen LogP contribution in [0.3, 0.4) is 0 Å². The molecule has 1 aliphatic rings. The summed E-state index contributed by atoms with van der Waals surface area (Å²) < 4.78 is 0. The maximum absolute atomic E-state index is 9.58. The lowest BCUT2D eigenvalue weighted by atomic mass is 9.86. The second kappa shape index (κ2) is 11.0. The zero-order chi connectivity index (χ0) is 34.2. The van der Waals surface area contributed by atoms with Crippen molar-refractivity contribution in [2.75, 3.05) is 0 Å². The van der Waals surface area contributed by atoms with Gasteiger partial charge in [0.2, 0.25) is 0 Å². The number of fused-ring (bicyclic) bond motifs is 8. The van der Waals surface area contributed by atoms with E-state index in [-0.39, 0.29) is 0 Å². The third-order valence-corrected chi connectivity index (χ3v) is 10.7. The standard InChI is InChI=1S/C49H28N2/c1-29-6-4-7-34(22-29)35-20-21-40-45-26-48-46(25-44(45)39-11-5-10-38(35)49(39)40)42(33-18-14-31(28-51)15-19-33)24-43-37-9-3-2-8-36(37)41(23-47(43)48)32-16-12-30(27-50)13-17-32/h2-26H,1H3. The van der Waals surface area contributed by atoms with Crippen molar-refractivity contribution in [3.05, 3.63) is 168 Å². The van der Waals surface area contributed by atoms with Crippen LogP contribution >= 0.6 is 0 Å². The average Bonchev–Trinajstić information content (AvgIpc) is 3.50. The van der Waals surface area contributed by atoms with E-state index in [4.69, 9.17) is 0 Å². The molecule has 0 N–H and O–H groups in total. The van der Waals surface area contributed by atoms with Gasteiger partial charge in [0, 0.05) is 0 Å². The minimum absolute atomic E-state index is 0.647. The Labute approximate surface area is 295 Å². The molecule has 234 valence electrons. The summed E-state index contributed by atoms with van der Waals surface area (Å²) in [4.78, 5) is 0. The molecule has 2 nitrogen and oxygen atoms in total. The van der Waals surface area contributed by atoms with Gasteiger partial charge in [-0.2, -0.15) is 10.5 Å². The highest BCUT2D eigenvalue weighted by molar-refractivity contribution is 6.27. The molecule has 0 aliphatic heterocycles. The summed E-state index contributed by atoms with van der Waals surface area (Å²) in [6, 6.07) is 58.6. The first kappa shape index (κ1) is 29.0. The van der Waals surface area contributed by atoms with Crippen LogP contribution in [-0.2, 0) is 0 Å². The highest BCUT2D eigenvalue weighted by Crippen LogP contribution is 2.52. The Morgan fingerprint density at radius 3 is 1.51 bits per heavy atom. The lowest BCUT2D eigenvalue weighted by Gasteiger charge is -2.17. The van der Waals surface area contributed by atoms with Crippen molar-refractivity contribution >= 4 is 43.1 Å². The Morgan fingerprint density at radius 2 is 0.843 bits per heavy atom. The molecule has 9 aromatic carbocycles. The summed E-state index contributed by atoms with van der Waals surface area (Å²) in [7, 11) is 0. The molecule has 0 radical (unpaired) electrons. The average molecular weight is 645 g/mol. The van der Waals surface area contributed by atoms with Gasteiger partial charge in [-0.15, -0.1) is 0 Å². The third kappa shape index (κ3) is 4.34. The molecule has 0 heterocycles. The Bertz CT molecular complexity index is 3030. The second-order valence-corrected chi connectivity index (χ2v) is 13.6. The van der Waals surface area contributed by atoms with Crippen molar-refractivity contribution in [3.8, 4) is 67.8 Å². The molecule has 0 fully saturated rings. The van der Waals surface area contributed by atoms with E-state index in [9.17, 15) is 10.5 Å². The topological polar surface area (TPSA) is 47.6 Å². The first-order chi connectivity index (χ1) is 25.1. The minimum Gasteiger partial charge on any atom is -0.192 e. The summed E-state index contributed by atoms with van der Waals surface area (Å²) in [5, 5.41) is 28.7. The van der Waals surface area contributed by atoms with Gasteiger partial charge in [0.25, 0.3) is 0 Å². The van der Waals surface area contributed by atoms with Crippen molar-refractivity contribution in [2.24, 2.45) is 0 Å². The van der Waals surface area contributed by atoms with Gasteiger partial charge in [-0.1, -0.05) is 109 Å². The lowest BCUT2D eigenvalue weighted by molar-refractivity contribution is 1.47. The Kier molecular flexibility index (Phi) is 6.25. The van der Waals surface area contributed by atoms with Crippen LogP contribution in [0.15, 0.2) is 152 Å². The third-order valence-electron chi connectivity index (χ3n) is 10.7. The number of hydrogen-bond acceptors (Lipinski definition) is 2. The number of rotatable bonds is 3. The Balaban J connectivity index is 1.32. The Hall–Kier alpha value is -7.00. The van der Waals surface area contributed by atoms with Crippen LogP contribution in [0, 0.1) is 29.6 Å². The van der Waals surface area contributed by atoms with Gasteiger partial charge >= 0.3 is 0 Å². The van der Waals surface area contributed by atoms with Crippen LogP contribution in [0.5, 0.6) is 0 Å². The quantitative estimate of drug-likeness (QED) is 0.180. The van der Waals surface area contributed by atoms with Crippen LogP contribution in [0.1, 0.15) is 16.7 Å². The van der Waals surface area contributed by atoms with Crippen molar-refractivity contribution in [2.45, 2.75) is 6.92 Å². The van der Waals surface area contributed by atoms with E-state index in [1.54, 1.807) is 0 Å². The van der Waals surface area contributed by atoms with Crippen molar-refractivity contribution in [3.63, 3.8) is 0 Å². The zero-order valence-corrected chi connectivity index (χ0v) is 27.8. The molecule has 1 aliphatic carbocycles. The normalized spacial score (nSPS) is 11.6. The molecule has 0 spiro atoms. The number of nitriles is 2. The summed E-state index contributed by atoms with van der Waals surface area (Å²) >= 11 is 0. The van der Waals surface area contributed by atoms with Gasteiger partial charge < -0.3 is 0 Å². The summed E-state index contributed by atoms with van der Waals surface area (Å²) in [5.41, 5.74) is 14.5. The first-order valence-electron chi connectivity index (χ1n) is 17.2. The molecule has 0 amide bonds. The lowest BCUT2D eigenvalue weighted by Crippen LogP contribution is -1.91. The Morgan fingerprint density at radius 1 is 0.333 bits per heavy atom. The van der Waals surface area contributed by atoms with Gasteiger partial charge in [-0.05, 0) is 154 Å². The van der Waals surface area contributed by atoms with Gasteiger partial charge in [-0.3, -0.25) is 0 Å². The molecule has 0 aromatic heterocycles. The van der Waals surface area contributed by atoms with E-state index in [2.05, 4.69) is 146 Å². The summed E-state index contributed by atoms with van der Waals surface area (Å²) in [6.07, 6.45) is 0. The van der Waals surface area contributed by atoms with Crippen LogP contribution in [0.4, 0.5) is 0 Å². The number of aryl methyl sites for hydroxylation is 1. The molecule has 0 atom stereocenters. The van der Waals surface area contributed by atoms with E-state index >= 15 is 0 Å². The SMILES string of the molecule is Cc1cccc(-c2ccc3c4c(cccc24)-c2cc4c(-c5ccc(C#N)cc5)cc5c6ccccc6c(-c6ccc(C#N)cc6)cc5c4cc2-3)c1. The molecule has 10 rings (SSSR count). The molecule has 0 unspecified atom stereocenters. The van der Waals surface area contributed by atoms with Gasteiger partial charge in [0.15, 0.2) is 0 Å². The fourth-order valence-electron chi connectivity index (χ4n) is 8.34. The van der Waals surface area contributed by atoms with E-state index in [1.165, 1.54) is 82.0 Å². The van der Waals surface area contributed by atoms with Crippen LogP contribution in [-0.4, -0.2) is 0 Å². The maximum Gasteiger partial charge on any atom is 0.0991 e. The van der Waals surface area contributed by atoms with E-state index in [0.29, 0.717) is 11.1 Å². The predicted octanol–water partition coefficient (Wildman–Crippen LogP) is 13.0. The largest absolute Gasteiger partial charge is 0.192 e. The van der Waals surface area contributed by atoms with E-state index in [1.807, 2.05) is 24.3 Å². The van der Waals surface area contributed by atoms with E-state index < -0.39 is 0 Å². The van der Waals surface area contributed by atoms with Crippen molar-refractivity contribution in [1.29, 1.82) is 10.5 Å². The molecule has 0 bridgehead atoms. The molecular formula is C49H28N2. The zero-order valence-electron chi connectivity index (χ0n) is 27.8. The predicted molar refractivity (Wildman–Crippen MR) is 211 cm³/mol. The summed E-state index contributed by atoms with van der Waals surface area (Å²) in [6.45, 7) is 2.15. The minimum atomic E-state index is 0.647. The van der Waals surface area contributed by atoms with Gasteiger partial charge in [0.1, 0.15) is 0 Å². The highest BCUT2D eigenvalue weighted by atomic mass is 14.3. The van der Waals surface area contributed by atoms with Crippen LogP contribution in [0.2, 0.25) is 0 Å².